The Morgan fingerprint density at radius 1 is 1.27 bits per heavy atom. The summed E-state index contributed by atoms with van der Waals surface area (Å²) in [4.78, 5) is 0. The van der Waals surface area contributed by atoms with E-state index in [1.54, 1.807) is 7.11 Å². The van der Waals surface area contributed by atoms with E-state index < -0.39 is 0 Å². The molecule has 2 heteroatoms. The molecular weight excluding hydrogens is 186 g/mol. The van der Waals surface area contributed by atoms with E-state index in [4.69, 9.17) is 10.5 Å². The van der Waals surface area contributed by atoms with Gasteiger partial charge in [0.2, 0.25) is 0 Å². The van der Waals surface area contributed by atoms with Gasteiger partial charge in [-0.2, -0.15) is 0 Å². The zero-order valence-electron chi connectivity index (χ0n) is 10.3. The number of hydrogen-bond acceptors (Lipinski definition) is 2. The van der Waals surface area contributed by atoms with Crippen molar-refractivity contribution in [3.05, 3.63) is 34.9 Å². The lowest BCUT2D eigenvalue weighted by Crippen LogP contribution is -2.17. The zero-order chi connectivity index (χ0) is 11.6. The fourth-order valence-electron chi connectivity index (χ4n) is 1.54. The summed E-state index contributed by atoms with van der Waals surface area (Å²) in [5.74, 6) is 0. The molecule has 1 aromatic rings. The van der Waals surface area contributed by atoms with E-state index in [2.05, 4.69) is 45.9 Å². The van der Waals surface area contributed by atoms with Crippen LogP contribution in [0, 0.1) is 6.92 Å². The van der Waals surface area contributed by atoms with Gasteiger partial charge in [-0.25, -0.2) is 0 Å². The first-order valence-electron chi connectivity index (χ1n) is 5.25. The van der Waals surface area contributed by atoms with Gasteiger partial charge in [0, 0.05) is 7.11 Å². The molecule has 0 spiro atoms. The quantitative estimate of drug-likeness (QED) is 0.757. The second-order valence-electron chi connectivity index (χ2n) is 4.98. The molecule has 0 aliphatic heterocycles. The van der Waals surface area contributed by atoms with E-state index >= 15 is 0 Å². The van der Waals surface area contributed by atoms with Gasteiger partial charge in [-0.05, 0) is 29.0 Å². The second kappa shape index (κ2) is 4.33. The average molecular weight is 207 g/mol. The third kappa shape index (κ3) is 2.80. The number of ether oxygens (including phenoxy) is 1. The van der Waals surface area contributed by atoms with Crippen molar-refractivity contribution in [1.29, 1.82) is 0 Å². The van der Waals surface area contributed by atoms with Crippen molar-refractivity contribution < 1.29 is 4.74 Å². The van der Waals surface area contributed by atoms with Gasteiger partial charge < -0.3 is 10.5 Å². The average Bonchev–Trinajstić information content (AvgIpc) is 2.15. The lowest BCUT2D eigenvalue weighted by atomic mass is 9.85. The molecule has 1 rings (SSSR count). The summed E-state index contributed by atoms with van der Waals surface area (Å²) in [6.07, 6.45) is -0.327. The highest BCUT2D eigenvalue weighted by Gasteiger charge is 2.16. The Balaban J connectivity index is 3.17. The first-order chi connectivity index (χ1) is 6.86. The van der Waals surface area contributed by atoms with E-state index in [1.807, 2.05) is 0 Å². The van der Waals surface area contributed by atoms with Gasteiger partial charge in [-0.15, -0.1) is 0 Å². The molecule has 0 aromatic heterocycles. The predicted octanol–water partition coefficient (Wildman–Crippen LogP) is 2.90. The molecule has 0 heterocycles. The Hall–Kier alpha value is -0.860. The maximum Gasteiger partial charge on any atom is 0.131 e. The van der Waals surface area contributed by atoms with Crippen LogP contribution in [0.5, 0.6) is 0 Å². The van der Waals surface area contributed by atoms with Crippen LogP contribution in [-0.2, 0) is 10.2 Å². The largest absolute Gasteiger partial charge is 0.363 e. The predicted molar refractivity (Wildman–Crippen MR) is 63.8 cm³/mol. The third-order valence-electron chi connectivity index (χ3n) is 2.71. The molecule has 0 radical (unpaired) electrons. The molecule has 2 nitrogen and oxygen atoms in total. The standard InChI is InChI=1S/C13H21NO/c1-9-6-7-10(13(2,3)4)8-11(9)12(14)15-5/h6-8,12H,14H2,1-5H3. The van der Waals surface area contributed by atoms with Crippen molar-refractivity contribution in [2.75, 3.05) is 7.11 Å². The fraction of sp³-hybridized carbons (Fsp3) is 0.538. The zero-order valence-corrected chi connectivity index (χ0v) is 10.3. The van der Waals surface area contributed by atoms with Gasteiger partial charge in [0.15, 0.2) is 0 Å². The van der Waals surface area contributed by atoms with Gasteiger partial charge >= 0.3 is 0 Å². The summed E-state index contributed by atoms with van der Waals surface area (Å²) in [6.45, 7) is 8.64. The van der Waals surface area contributed by atoms with Crippen molar-refractivity contribution >= 4 is 0 Å². The van der Waals surface area contributed by atoms with Gasteiger partial charge in [0.05, 0.1) is 0 Å². The van der Waals surface area contributed by atoms with Crippen LogP contribution in [0.4, 0.5) is 0 Å². The van der Waals surface area contributed by atoms with Crippen molar-refractivity contribution in [3.8, 4) is 0 Å². The van der Waals surface area contributed by atoms with Gasteiger partial charge in [0.25, 0.3) is 0 Å². The van der Waals surface area contributed by atoms with Gasteiger partial charge in [0.1, 0.15) is 6.23 Å². The monoisotopic (exact) mass is 207 g/mol. The molecule has 2 N–H and O–H groups in total. The van der Waals surface area contributed by atoms with Crippen LogP contribution in [0.3, 0.4) is 0 Å². The van der Waals surface area contributed by atoms with Crippen molar-refractivity contribution in [3.63, 3.8) is 0 Å². The van der Waals surface area contributed by atoms with Gasteiger partial charge in [-0.3, -0.25) is 0 Å². The van der Waals surface area contributed by atoms with Crippen molar-refractivity contribution in [2.45, 2.75) is 39.3 Å². The fourth-order valence-corrected chi connectivity index (χ4v) is 1.54. The molecule has 0 aliphatic carbocycles. The number of hydrogen-bond donors (Lipinski definition) is 1. The summed E-state index contributed by atoms with van der Waals surface area (Å²) < 4.78 is 5.16. The van der Waals surface area contributed by atoms with Crippen LogP contribution in [0.1, 0.15) is 43.7 Å². The number of nitrogens with two attached hydrogens (primary N) is 1. The summed E-state index contributed by atoms with van der Waals surface area (Å²) in [7, 11) is 1.63. The summed E-state index contributed by atoms with van der Waals surface area (Å²) >= 11 is 0. The maximum atomic E-state index is 5.89. The van der Waals surface area contributed by atoms with Gasteiger partial charge in [-0.1, -0.05) is 39.0 Å². The summed E-state index contributed by atoms with van der Waals surface area (Å²) in [5.41, 5.74) is 9.57. The molecule has 0 aliphatic rings. The number of rotatable bonds is 2. The Labute approximate surface area is 92.4 Å². The molecule has 84 valence electrons. The lowest BCUT2D eigenvalue weighted by molar-refractivity contribution is 0.108. The molecule has 0 bridgehead atoms. The second-order valence-corrected chi connectivity index (χ2v) is 4.98. The highest BCUT2D eigenvalue weighted by atomic mass is 16.5. The Kier molecular flexibility index (Phi) is 3.53. The Morgan fingerprint density at radius 2 is 1.87 bits per heavy atom. The first-order valence-corrected chi connectivity index (χ1v) is 5.25. The van der Waals surface area contributed by atoms with Crippen LogP contribution in [0.15, 0.2) is 18.2 Å². The SMILES string of the molecule is COC(N)c1cc(C(C)(C)C)ccc1C. The van der Waals surface area contributed by atoms with E-state index in [1.165, 1.54) is 11.1 Å². The number of methoxy groups -OCH3 is 1. The van der Waals surface area contributed by atoms with E-state index in [0.29, 0.717) is 0 Å². The highest BCUT2D eigenvalue weighted by Crippen LogP contribution is 2.26. The van der Waals surface area contributed by atoms with Crippen LogP contribution in [-0.4, -0.2) is 7.11 Å². The molecule has 0 saturated carbocycles. The van der Waals surface area contributed by atoms with Crippen LogP contribution >= 0.6 is 0 Å². The molecule has 1 unspecified atom stereocenters. The van der Waals surface area contributed by atoms with E-state index in [0.717, 1.165) is 5.56 Å². The first kappa shape index (κ1) is 12.2. The third-order valence-corrected chi connectivity index (χ3v) is 2.71. The van der Waals surface area contributed by atoms with Crippen LogP contribution in [0.2, 0.25) is 0 Å². The van der Waals surface area contributed by atoms with E-state index in [-0.39, 0.29) is 11.6 Å². The lowest BCUT2D eigenvalue weighted by Gasteiger charge is -2.22. The smallest absolute Gasteiger partial charge is 0.131 e. The topological polar surface area (TPSA) is 35.2 Å². The molecule has 0 fully saturated rings. The van der Waals surface area contributed by atoms with Crippen LogP contribution < -0.4 is 5.73 Å². The number of aryl methyl sites for hydroxylation is 1. The molecule has 15 heavy (non-hydrogen) atoms. The minimum Gasteiger partial charge on any atom is -0.363 e. The minimum absolute atomic E-state index is 0.149. The van der Waals surface area contributed by atoms with Crippen molar-refractivity contribution in [2.24, 2.45) is 5.73 Å². The molecule has 1 aromatic carbocycles. The number of benzene rings is 1. The molecule has 0 saturated heterocycles. The maximum absolute atomic E-state index is 5.89. The van der Waals surface area contributed by atoms with Crippen LogP contribution in [0.25, 0.3) is 0 Å². The normalized spacial score (nSPS) is 14.0. The Morgan fingerprint density at radius 3 is 2.33 bits per heavy atom. The summed E-state index contributed by atoms with van der Waals surface area (Å²) in [5, 5.41) is 0. The minimum atomic E-state index is -0.327. The molecule has 0 amide bonds. The van der Waals surface area contributed by atoms with Crippen molar-refractivity contribution in [1.82, 2.24) is 0 Å². The Bertz CT molecular complexity index is 339. The molecular formula is C13H21NO. The summed E-state index contributed by atoms with van der Waals surface area (Å²) in [6, 6.07) is 6.40. The van der Waals surface area contributed by atoms with E-state index in [9.17, 15) is 0 Å². The highest BCUT2D eigenvalue weighted by molar-refractivity contribution is 5.35. The molecule has 1 atom stereocenters.